The van der Waals surface area contributed by atoms with Crippen LogP contribution < -0.4 is 14.8 Å². The van der Waals surface area contributed by atoms with Crippen LogP contribution in [-0.4, -0.2) is 24.6 Å². The average Bonchev–Trinajstić information content (AvgIpc) is 2.59. The standard InChI is InChI=1S/C17H16N2O3/c1-21-17-13(6-4-8-18-17)10-19-16(20)14-9-12-5-2-3-7-15(12)22-11-14/h2-9H,10-11H2,1H3,(H,19,20). The van der Waals surface area contributed by atoms with Crippen molar-refractivity contribution >= 4 is 12.0 Å². The topological polar surface area (TPSA) is 60.5 Å². The summed E-state index contributed by atoms with van der Waals surface area (Å²) in [5.74, 6) is 1.16. The molecule has 0 unspecified atom stereocenters. The van der Waals surface area contributed by atoms with Crippen molar-refractivity contribution in [2.75, 3.05) is 13.7 Å². The van der Waals surface area contributed by atoms with Gasteiger partial charge in [-0.15, -0.1) is 0 Å². The van der Waals surface area contributed by atoms with Crippen LogP contribution in [0.4, 0.5) is 0 Å². The number of aromatic nitrogens is 1. The molecule has 0 spiro atoms. The van der Waals surface area contributed by atoms with Crippen molar-refractivity contribution in [2.45, 2.75) is 6.54 Å². The van der Waals surface area contributed by atoms with E-state index in [-0.39, 0.29) is 12.5 Å². The van der Waals surface area contributed by atoms with Gasteiger partial charge in [0.2, 0.25) is 5.88 Å². The van der Waals surface area contributed by atoms with Gasteiger partial charge in [0.15, 0.2) is 0 Å². The van der Waals surface area contributed by atoms with E-state index < -0.39 is 0 Å². The highest BCUT2D eigenvalue weighted by Crippen LogP contribution is 2.25. The monoisotopic (exact) mass is 296 g/mol. The van der Waals surface area contributed by atoms with Crippen LogP contribution in [0.25, 0.3) is 6.08 Å². The lowest BCUT2D eigenvalue weighted by molar-refractivity contribution is -0.117. The Kier molecular flexibility index (Phi) is 4.05. The lowest BCUT2D eigenvalue weighted by atomic mass is 10.1. The molecule has 3 rings (SSSR count). The Morgan fingerprint density at radius 3 is 3.05 bits per heavy atom. The summed E-state index contributed by atoms with van der Waals surface area (Å²) in [6.45, 7) is 0.627. The van der Waals surface area contributed by atoms with Crippen molar-refractivity contribution in [1.82, 2.24) is 10.3 Å². The molecule has 5 heteroatoms. The van der Waals surface area contributed by atoms with E-state index in [0.717, 1.165) is 16.9 Å². The molecule has 5 nitrogen and oxygen atoms in total. The Morgan fingerprint density at radius 2 is 2.18 bits per heavy atom. The fourth-order valence-electron chi connectivity index (χ4n) is 2.28. The minimum Gasteiger partial charge on any atom is -0.488 e. The van der Waals surface area contributed by atoms with Crippen LogP contribution in [0.5, 0.6) is 11.6 Å². The molecule has 1 N–H and O–H groups in total. The van der Waals surface area contributed by atoms with E-state index in [2.05, 4.69) is 10.3 Å². The van der Waals surface area contributed by atoms with Gasteiger partial charge < -0.3 is 14.8 Å². The minimum absolute atomic E-state index is 0.152. The van der Waals surface area contributed by atoms with Crippen molar-refractivity contribution < 1.29 is 14.3 Å². The van der Waals surface area contributed by atoms with Crippen molar-refractivity contribution in [3.8, 4) is 11.6 Å². The highest BCUT2D eigenvalue weighted by atomic mass is 16.5. The summed E-state index contributed by atoms with van der Waals surface area (Å²) in [6.07, 6.45) is 3.51. The fraction of sp³-hybridized carbons (Fsp3) is 0.176. The number of hydrogen-bond donors (Lipinski definition) is 1. The predicted octanol–water partition coefficient (Wildman–Crippen LogP) is 2.18. The summed E-state index contributed by atoms with van der Waals surface area (Å²) >= 11 is 0. The number of para-hydroxylation sites is 1. The first-order valence-corrected chi connectivity index (χ1v) is 6.96. The number of amides is 1. The molecule has 0 fully saturated rings. The summed E-state index contributed by atoms with van der Waals surface area (Å²) in [6, 6.07) is 11.3. The number of carbonyl (C=O) groups is 1. The largest absolute Gasteiger partial charge is 0.488 e. The smallest absolute Gasteiger partial charge is 0.250 e. The number of hydrogen-bond acceptors (Lipinski definition) is 4. The second-order valence-corrected chi connectivity index (χ2v) is 4.85. The van der Waals surface area contributed by atoms with Gasteiger partial charge in [-0.05, 0) is 18.2 Å². The Morgan fingerprint density at radius 1 is 1.32 bits per heavy atom. The Balaban J connectivity index is 1.69. The number of nitrogens with zero attached hydrogens (tertiary/aromatic N) is 1. The highest BCUT2D eigenvalue weighted by molar-refractivity contribution is 5.99. The van der Waals surface area contributed by atoms with Gasteiger partial charge in [-0.1, -0.05) is 24.3 Å². The van der Waals surface area contributed by atoms with Crippen LogP contribution in [0.2, 0.25) is 0 Å². The molecule has 0 atom stereocenters. The summed E-state index contributed by atoms with van der Waals surface area (Å²) < 4.78 is 10.8. The first-order valence-electron chi connectivity index (χ1n) is 6.96. The summed E-state index contributed by atoms with van der Waals surface area (Å²) in [4.78, 5) is 16.4. The number of fused-ring (bicyclic) bond motifs is 1. The molecule has 112 valence electrons. The minimum atomic E-state index is -0.152. The number of benzene rings is 1. The molecule has 1 aromatic carbocycles. The van der Waals surface area contributed by atoms with Gasteiger partial charge in [0, 0.05) is 23.9 Å². The van der Waals surface area contributed by atoms with E-state index in [0.29, 0.717) is 18.0 Å². The first kappa shape index (κ1) is 14.1. The molecular formula is C17H16N2O3. The zero-order valence-corrected chi connectivity index (χ0v) is 12.2. The quantitative estimate of drug-likeness (QED) is 0.939. The van der Waals surface area contributed by atoms with Gasteiger partial charge >= 0.3 is 0 Å². The molecule has 2 aromatic rings. The van der Waals surface area contributed by atoms with E-state index in [9.17, 15) is 4.79 Å². The van der Waals surface area contributed by atoms with Gasteiger partial charge in [-0.2, -0.15) is 0 Å². The normalized spacial score (nSPS) is 12.7. The maximum atomic E-state index is 12.3. The van der Waals surface area contributed by atoms with Crippen LogP contribution in [0.3, 0.4) is 0 Å². The number of pyridine rings is 1. The molecule has 1 amide bonds. The Hall–Kier alpha value is -2.82. The number of ether oxygens (including phenoxy) is 2. The van der Waals surface area contributed by atoms with Crippen molar-refractivity contribution in [1.29, 1.82) is 0 Å². The molecule has 0 aliphatic carbocycles. The third-order valence-corrected chi connectivity index (χ3v) is 3.41. The molecule has 2 heterocycles. The number of rotatable bonds is 4. The predicted molar refractivity (Wildman–Crippen MR) is 82.5 cm³/mol. The number of methoxy groups -OCH3 is 1. The maximum absolute atomic E-state index is 12.3. The SMILES string of the molecule is COc1ncccc1CNC(=O)C1=Cc2ccccc2OC1. The third-order valence-electron chi connectivity index (χ3n) is 3.41. The lowest BCUT2D eigenvalue weighted by Crippen LogP contribution is -2.28. The van der Waals surface area contributed by atoms with Gasteiger partial charge in [0.25, 0.3) is 5.91 Å². The van der Waals surface area contributed by atoms with Crippen LogP contribution in [0, 0.1) is 0 Å². The summed E-state index contributed by atoms with van der Waals surface area (Å²) in [7, 11) is 1.56. The molecule has 0 bridgehead atoms. The molecule has 1 aliphatic heterocycles. The van der Waals surface area contributed by atoms with Gasteiger partial charge in [-0.25, -0.2) is 4.98 Å². The first-order chi connectivity index (χ1) is 10.8. The van der Waals surface area contributed by atoms with Crippen molar-refractivity contribution in [3.63, 3.8) is 0 Å². The van der Waals surface area contributed by atoms with Crippen LogP contribution in [0.1, 0.15) is 11.1 Å². The average molecular weight is 296 g/mol. The summed E-state index contributed by atoms with van der Waals surface area (Å²) in [5, 5.41) is 2.87. The second kappa shape index (κ2) is 6.30. The molecule has 1 aromatic heterocycles. The van der Waals surface area contributed by atoms with Crippen molar-refractivity contribution in [3.05, 3.63) is 59.3 Å². The second-order valence-electron chi connectivity index (χ2n) is 4.85. The van der Waals surface area contributed by atoms with Gasteiger partial charge in [0.1, 0.15) is 12.4 Å². The zero-order chi connectivity index (χ0) is 15.4. The van der Waals surface area contributed by atoms with Gasteiger partial charge in [0.05, 0.1) is 12.7 Å². The van der Waals surface area contributed by atoms with E-state index in [1.165, 1.54) is 0 Å². The molecule has 0 radical (unpaired) electrons. The van der Waals surface area contributed by atoms with E-state index in [1.54, 1.807) is 13.3 Å². The fourth-order valence-corrected chi connectivity index (χ4v) is 2.28. The van der Waals surface area contributed by atoms with E-state index >= 15 is 0 Å². The summed E-state index contributed by atoms with van der Waals surface area (Å²) in [5.41, 5.74) is 2.34. The molecule has 1 aliphatic rings. The molecular weight excluding hydrogens is 280 g/mol. The Bertz CT molecular complexity index is 725. The van der Waals surface area contributed by atoms with Crippen LogP contribution in [0.15, 0.2) is 48.2 Å². The van der Waals surface area contributed by atoms with Gasteiger partial charge in [-0.3, -0.25) is 4.79 Å². The van der Waals surface area contributed by atoms with E-state index in [1.807, 2.05) is 42.5 Å². The third kappa shape index (κ3) is 2.93. The van der Waals surface area contributed by atoms with E-state index in [4.69, 9.17) is 9.47 Å². The number of carbonyl (C=O) groups excluding carboxylic acids is 1. The molecule has 22 heavy (non-hydrogen) atoms. The van der Waals surface area contributed by atoms with Crippen molar-refractivity contribution in [2.24, 2.45) is 0 Å². The van der Waals surface area contributed by atoms with Crippen LogP contribution in [-0.2, 0) is 11.3 Å². The Labute approximate surface area is 128 Å². The maximum Gasteiger partial charge on any atom is 0.250 e. The molecule has 0 saturated heterocycles. The molecule has 0 saturated carbocycles. The van der Waals surface area contributed by atoms with Crippen LogP contribution >= 0.6 is 0 Å². The number of nitrogens with one attached hydrogen (secondary N) is 1. The lowest BCUT2D eigenvalue weighted by Gasteiger charge is -2.17. The highest BCUT2D eigenvalue weighted by Gasteiger charge is 2.17. The zero-order valence-electron chi connectivity index (χ0n) is 12.2.